The Labute approximate surface area is 81.1 Å². The van der Waals surface area contributed by atoms with Crippen LogP contribution in [0.1, 0.15) is 15.9 Å². The van der Waals surface area contributed by atoms with E-state index in [0.29, 0.717) is 5.56 Å². The van der Waals surface area contributed by atoms with Gasteiger partial charge in [0.15, 0.2) is 0 Å². The fourth-order valence-electron chi connectivity index (χ4n) is 1.46. The van der Waals surface area contributed by atoms with E-state index in [2.05, 4.69) is 4.98 Å². The molecule has 0 unspecified atom stereocenters. The highest BCUT2D eigenvalue weighted by molar-refractivity contribution is 5.98. The second-order valence-electron chi connectivity index (χ2n) is 3.05. The summed E-state index contributed by atoms with van der Waals surface area (Å²) in [5, 5.41) is 0. The minimum absolute atomic E-state index is 0.325. The summed E-state index contributed by atoms with van der Waals surface area (Å²) in [5.41, 5.74) is 2.24. The molecule has 0 fully saturated rings. The molecule has 2 heterocycles. The van der Waals surface area contributed by atoms with Gasteiger partial charge in [0.2, 0.25) is 0 Å². The molecular weight excluding hydrogens is 180 g/mol. The van der Waals surface area contributed by atoms with Crippen LogP contribution < -0.4 is 0 Å². The van der Waals surface area contributed by atoms with Crippen LogP contribution in [0.15, 0.2) is 24.8 Å². The van der Waals surface area contributed by atoms with Crippen molar-refractivity contribution in [1.82, 2.24) is 9.38 Å². The number of rotatable bonds is 1. The predicted octanol–water partition coefficient (Wildman–Crippen LogP) is 1.43. The molecular formula is C10H10N2O2. The molecule has 0 amide bonds. The van der Waals surface area contributed by atoms with Crippen LogP contribution in [0.5, 0.6) is 0 Å². The fourth-order valence-corrected chi connectivity index (χ4v) is 1.46. The third-order valence-corrected chi connectivity index (χ3v) is 2.19. The average Bonchev–Trinajstić information content (AvgIpc) is 2.64. The third kappa shape index (κ3) is 1.16. The number of esters is 1. The van der Waals surface area contributed by atoms with E-state index in [-0.39, 0.29) is 5.97 Å². The quantitative estimate of drug-likeness (QED) is 0.639. The molecule has 0 aliphatic carbocycles. The van der Waals surface area contributed by atoms with E-state index in [4.69, 9.17) is 4.74 Å². The van der Waals surface area contributed by atoms with Gasteiger partial charge >= 0.3 is 5.97 Å². The van der Waals surface area contributed by atoms with Crippen LogP contribution in [0.25, 0.3) is 5.52 Å². The molecule has 72 valence electrons. The molecule has 0 atom stereocenters. The fraction of sp³-hybridized carbons (Fsp3) is 0.200. The molecule has 0 bridgehead atoms. The highest BCUT2D eigenvalue weighted by atomic mass is 16.5. The zero-order chi connectivity index (χ0) is 10.1. The van der Waals surface area contributed by atoms with Crippen LogP contribution in [-0.2, 0) is 4.74 Å². The number of methoxy groups -OCH3 is 1. The third-order valence-electron chi connectivity index (χ3n) is 2.19. The first-order chi connectivity index (χ1) is 6.74. The van der Waals surface area contributed by atoms with Crippen LogP contribution in [0.4, 0.5) is 0 Å². The lowest BCUT2D eigenvalue weighted by atomic mass is 10.1. The van der Waals surface area contributed by atoms with Gasteiger partial charge in [0.1, 0.15) is 0 Å². The summed E-state index contributed by atoms with van der Waals surface area (Å²) >= 11 is 0. The van der Waals surface area contributed by atoms with Gasteiger partial charge in [-0.05, 0) is 18.6 Å². The predicted molar refractivity (Wildman–Crippen MR) is 51.3 cm³/mol. The zero-order valence-corrected chi connectivity index (χ0v) is 8.02. The van der Waals surface area contributed by atoms with Crippen LogP contribution in [0.2, 0.25) is 0 Å². The van der Waals surface area contributed by atoms with Gasteiger partial charge in [0.25, 0.3) is 0 Å². The number of aryl methyl sites for hydroxylation is 1. The van der Waals surface area contributed by atoms with Crippen molar-refractivity contribution in [3.63, 3.8) is 0 Å². The van der Waals surface area contributed by atoms with Gasteiger partial charge in [-0.2, -0.15) is 0 Å². The van der Waals surface area contributed by atoms with Gasteiger partial charge in [-0.15, -0.1) is 0 Å². The molecule has 2 aromatic heterocycles. The zero-order valence-electron chi connectivity index (χ0n) is 8.02. The van der Waals surface area contributed by atoms with Crippen molar-refractivity contribution in [2.75, 3.05) is 7.11 Å². The first-order valence-electron chi connectivity index (χ1n) is 4.23. The molecule has 0 aliphatic heterocycles. The minimum atomic E-state index is -0.325. The second-order valence-corrected chi connectivity index (χ2v) is 3.05. The van der Waals surface area contributed by atoms with Crippen molar-refractivity contribution in [1.29, 1.82) is 0 Å². The smallest absolute Gasteiger partial charge is 0.340 e. The Kier molecular flexibility index (Phi) is 1.96. The molecule has 0 aromatic carbocycles. The number of hydrogen-bond acceptors (Lipinski definition) is 3. The topological polar surface area (TPSA) is 43.6 Å². The second kappa shape index (κ2) is 3.14. The van der Waals surface area contributed by atoms with Gasteiger partial charge in [-0.3, -0.25) is 0 Å². The van der Waals surface area contributed by atoms with Gasteiger partial charge in [0.05, 0.1) is 30.7 Å². The van der Waals surface area contributed by atoms with Crippen molar-refractivity contribution in [3.05, 3.63) is 35.9 Å². The maximum atomic E-state index is 11.5. The SMILES string of the molecule is COC(=O)c1c(C)ccn2cncc12. The summed E-state index contributed by atoms with van der Waals surface area (Å²) in [6.45, 7) is 1.87. The van der Waals surface area contributed by atoms with Crippen LogP contribution in [0, 0.1) is 6.92 Å². The Morgan fingerprint density at radius 3 is 3.07 bits per heavy atom. The van der Waals surface area contributed by atoms with Crippen LogP contribution in [0.3, 0.4) is 0 Å². The Morgan fingerprint density at radius 1 is 1.57 bits per heavy atom. The molecule has 0 spiro atoms. The summed E-state index contributed by atoms with van der Waals surface area (Å²) in [6.07, 6.45) is 5.17. The number of fused-ring (bicyclic) bond motifs is 1. The lowest BCUT2D eigenvalue weighted by molar-refractivity contribution is 0.0601. The Hall–Kier alpha value is -1.84. The van der Waals surface area contributed by atoms with Crippen molar-refractivity contribution in [2.24, 2.45) is 0 Å². The Balaban J connectivity index is 2.76. The van der Waals surface area contributed by atoms with Crippen molar-refractivity contribution >= 4 is 11.5 Å². The van der Waals surface area contributed by atoms with E-state index >= 15 is 0 Å². The van der Waals surface area contributed by atoms with E-state index < -0.39 is 0 Å². The maximum absolute atomic E-state index is 11.5. The van der Waals surface area contributed by atoms with E-state index in [0.717, 1.165) is 11.1 Å². The van der Waals surface area contributed by atoms with Crippen molar-refractivity contribution in [2.45, 2.75) is 6.92 Å². The highest BCUT2D eigenvalue weighted by Gasteiger charge is 2.13. The summed E-state index contributed by atoms with van der Waals surface area (Å²) in [4.78, 5) is 15.5. The van der Waals surface area contributed by atoms with E-state index in [9.17, 15) is 4.79 Å². The Bertz CT molecular complexity index is 488. The summed E-state index contributed by atoms with van der Waals surface area (Å²) in [6, 6.07) is 1.86. The first kappa shape index (κ1) is 8.74. The molecule has 2 rings (SSSR count). The van der Waals surface area contributed by atoms with Gasteiger partial charge in [0, 0.05) is 6.20 Å². The standard InChI is InChI=1S/C10H10N2O2/c1-7-3-4-12-6-11-5-8(12)9(7)10(13)14-2/h3-6H,1-2H3. The molecule has 0 saturated heterocycles. The summed E-state index contributed by atoms with van der Waals surface area (Å²) < 4.78 is 6.51. The molecule has 2 aromatic rings. The maximum Gasteiger partial charge on any atom is 0.340 e. The van der Waals surface area contributed by atoms with E-state index in [1.165, 1.54) is 7.11 Å². The number of pyridine rings is 1. The van der Waals surface area contributed by atoms with E-state index in [1.54, 1.807) is 16.9 Å². The number of imidazole rings is 1. The molecule has 0 aliphatic rings. The van der Waals surface area contributed by atoms with Crippen LogP contribution >= 0.6 is 0 Å². The molecule has 0 saturated carbocycles. The van der Waals surface area contributed by atoms with Crippen LogP contribution in [-0.4, -0.2) is 22.5 Å². The lowest BCUT2D eigenvalue weighted by Gasteiger charge is -2.05. The Morgan fingerprint density at radius 2 is 2.36 bits per heavy atom. The molecule has 0 N–H and O–H groups in total. The highest BCUT2D eigenvalue weighted by Crippen LogP contribution is 2.15. The largest absolute Gasteiger partial charge is 0.465 e. The summed E-state index contributed by atoms with van der Waals surface area (Å²) in [7, 11) is 1.38. The molecule has 14 heavy (non-hydrogen) atoms. The number of ether oxygens (including phenoxy) is 1. The van der Waals surface area contributed by atoms with Crippen molar-refractivity contribution < 1.29 is 9.53 Å². The normalized spacial score (nSPS) is 10.4. The lowest BCUT2D eigenvalue weighted by Crippen LogP contribution is -2.06. The van der Waals surface area contributed by atoms with E-state index in [1.807, 2.05) is 19.2 Å². The number of nitrogens with zero attached hydrogens (tertiary/aromatic N) is 2. The summed E-state index contributed by atoms with van der Waals surface area (Å²) in [5.74, 6) is -0.325. The van der Waals surface area contributed by atoms with Gasteiger partial charge in [-0.25, -0.2) is 9.78 Å². The number of carbonyl (C=O) groups excluding carboxylic acids is 1. The minimum Gasteiger partial charge on any atom is -0.465 e. The molecule has 0 radical (unpaired) electrons. The molecule has 4 heteroatoms. The van der Waals surface area contributed by atoms with Gasteiger partial charge in [-0.1, -0.05) is 0 Å². The number of hydrogen-bond donors (Lipinski definition) is 0. The monoisotopic (exact) mass is 190 g/mol. The van der Waals surface area contributed by atoms with Gasteiger partial charge < -0.3 is 9.14 Å². The number of aromatic nitrogens is 2. The molecule has 4 nitrogen and oxygen atoms in total. The first-order valence-corrected chi connectivity index (χ1v) is 4.23. The van der Waals surface area contributed by atoms with Crippen molar-refractivity contribution in [3.8, 4) is 0 Å². The number of carbonyl (C=O) groups is 1. The average molecular weight is 190 g/mol.